The molecule has 0 spiro atoms. The van der Waals surface area contributed by atoms with Crippen LogP contribution in [0.3, 0.4) is 0 Å². The lowest BCUT2D eigenvalue weighted by Crippen LogP contribution is -2.36. The highest BCUT2D eigenvalue weighted by molar-refractivity contribution is 5.89. The van der Waals surface area contributed by atoms with E-state index in [9.17, 15) is 4.79 Å². The topological polar surface area (TPSA) is 54.5 Å². The van der Waals surface area contributed by atoms with E-state index in [1.165, 1.54) is 0 Å². The predicted molar refractivity (Wildman–Crippen MR) is 89.4 cm³/mol. The third kappa shape index (κ3) is 4.22. The standard InChI is InChI=1S/C18H21N3O2/c1-2-23-17-7-3-15(4-8-17)20-18(22)21(16-5-6-16)13-14-9-11-19-12-10-14/h3-4,7-12,16H,2,5-6,13H2,1H3,(H,20,22). The monoisotopic (exact) mass is 311 g/mol. The van der Waals surface area contributed by atoms with Crippen molar-refractivity contribution in [2.45, 2.75) is 32.4 Å². The number of carbonyl (C=O) groups excluding carboxylic acids is 1. The van der Waals surface area contributed by atoms with Crippen molar-refractivity contribution in [3.05, 3.63) is 54.4 Å². The Balaban J connectivity index is 1.64. The zero-order valence-corrected chi connectivity index (χ0v) is 13.2. The maximum Gasteiger partial charge on any atom is 0.322 e. The fraction of sp³-hybridized carbons (Fsp3) is 0.333. The molecule has 5 heteroatoms. The SMILES string of the molecule is CCOc1ccc(NC(=O)N(Cc2ccncc2)C2CC2)cc1. The Hall–Kier alpha value is -2.56. The summed E-state index contributed by atoms with van der Waals surface area (Å²) >= 11 is 0. The fourth-order valence-corrected chi connectivity index (χ4v) is 2.43. The van der Waals surface area contributed by atoms with Crippen LogP contribution in [0.5, 0.6) is 5.75 Å². The molecular formula is C18H21N3O2. The van der Waals surface area contributed by atoms with Crippen molar-refractivity contribution in [2.24, 2.45) is 0 Å². The quantitative estimate of drug-likeness (QED) is 0.885. The fourth-order valence-electron chi connectivity index (χ4n) is 2.43. The Bertz CT molecular complexity index is 639. The zero-order valence-electron chi connectivity index (χ0n) is 13.2. The molecular weight excluding hydrogens is 290 g/mol. The van der Waals surface area contributed by atoms with Crippen LogP contribution in [0.2, 0.25) is 0 Å². The van der Waals surface area contributed by atoms with Gasteiger partial charge in [-0.2, -0.15) is 0 Å². The van der Waals surface area contributed by atoms with Gasteiger partial charge in [0.15, 0.2) is 0 Å². The van der Waals surface area contributed by atoms with Gasteiger partial charge in [-0.25, -0.2) is 4.79 Å². The molecule has 5 nitrogen and oxygen atoms in total. The molecule has 0 radical (unpaired) electrons. The molecule has 3 rings (SSSR count). The average Bonchev–Trinajstić information content (AvgIpc) is 3.40. The lowest BCUT2D eigenvalue weighted by Gasteiger charge is -2.23. The molecule has 1 fully saturated rings. The number of nitrogens with one attached hydrogen (secondary N) is 1. The number of urea groups is 1. The predicted octanol–water partition coefficient (Wildman–Crippen LogP) is 3.68. The molecule has 2 aromatic rings. The molecule has 0 aliphatic heterocycles. The van der Waals surface area contributed by atoms with E-state index in [-0.39, 0.29) is 6.03 Å². The normalized spacial score (nSPS) is 13.4. The van der Waals surface area contributed by atoms with E-state index in [0.29, 0.717) is 19.2 Å². The van der Waals surface area contributed by atoms with Gasteiger partial charge in [0.25, 0.3) is 0 Å². The summed E-state index contributed by atoms with van der Waals surface area (Å²) in [6.07, 6.45) is 5.65. The van der Waals surface area contributed by atoms with Crippen LogP contribution in [0.1, 0.15) is 25.3 Å². The first-order chi connectivity index (χ1) is 11.3. The largest absolute Gasteiger partial charge is 0.494 e. The molecule has 1 aromatic carbocycles. The molecule has 1 N–H and O–H groups in total. The number of hydrogen-bond donors (Lipinski definition) is 1. The number of aromatic nitrogens is 1. The van der Waals surface area contributed by atoms with E-state index in [1.54, 1.807) is 12.4 Å². The van der Waals surface area contributed by atoms with E-state index in [4.69, 9.17) is 4.74 Å². The number of rotatable bonds is 6. The van der Waals surface area contributed by atoms with Crippen molar-refractivity contribution in [3.63, 3.8) is 0 Å². The second-order valence-electron chi connectivity index (χ2n) is 5.60. The van der Waals surface area contributed by atoms with Crippen molar-refractivity contribution >= 4 is 11.7 Å². The molecule has 1 aliphatic carbocycles. The van der Waals surface area contributed by atoms with Crippen LogP contribution in [0.15, 0.2) is 48.8 Å². The number of pyridine rings is 1. The second-order valence-corrected chi connectivity index (χ2v) is 5.60. The van der Waals surface area contributed by atoms with E-state index in [2.05, 4.69) is 10.3 Å². The highest BCUT2D eigenvalue weighted by Gasteiger charge is 2.32. The van der Waals surface area contributed by atoms with Gasteiger partial charge in [-0.3, -0.25) is 4.98 Å². The van der Waals surface area contributed by atoms with Crippen molar-refractivity contribution in [2.75, 3.05) is 11.9 Å². The Morgan fingerprint density at radius 3 is 2.52 bits per heavy atom. The van der Waals surface area contributed by atoms with Gasteiger partial charge in [0.2, 0.25) is 0 Å². The van der Waals surface area contributed by atoms with E-state index < -0.39 is 0 Å². The van der Waals surface area contributed by atoms with Gasteiger partial charge < -0.3 is 15.0 Å². The average molecular weight is 311 g/mol. The highest BCUT2D eigenvalue weighted by atomic mass is 16.5. The van der Waals surface area contributed by atoms with Gasteiger partial charge in [-0.05, 0) is 61.7 Å². The number of carbonyl (C=O) groups is 1. The molecule has 0 unspecified atom stereocenters. The van der Waals surface area contributed by atoms with Gasteiger partial charge >= 0.3 is 6.03 Å². The van der Waals surface area contributed by atoms with Crippen LogP contribution in [0.4, 0.5) is 10.5 Å². The minimum Gasteiger partial charge on any atom is -0.494 e. The van der Waals surface area contributed by atoms with Gasteiger partial charge in [-0.15, -0.1) is 0 Å². The molecule has 0 saturated heterocycles. The molecule has 2 amide bonds. The first-order valence-electron chi connectivity index (χ1n) is 7.95. The molecule has 120 valence electrons. The van der Waals surface area contributed by atoms with E-state index in [0.717, 1.165) is 29.8 Å². The molecule has 1 aromatic heterocycles. The van der Waals surface area contributed by atoms with Gasteiger partial charge in [0, 0.05) is 30.7 Å². The first kappa shape index (κ1) is 15.3. The van der Waals surface area contributed by atoms with Gasteiger partial charge in [0.05, 0.1) is 6.61 Å². The third-order valence-electron chi connectivity index (χ3n) is 3.77. The summed E-state index contributed by atoms with van der Waals surface area (Å²) in [4.78, 5) is 18.5. The summed E-state index contributed by atoms with van der Waals surface area (Å²) in [6.45, 7) is 3.19. The highest BCUT2D eigenvalue weighted by Crippen LogP contribution is 2.29. The molecule has 23 heavy (non-hydrogen) atoms. The van der Waals surface area contributed by atoms with Gasteiger partial charge in [0.1, 0.15) is 5.75 Å². The van der Waals surface area contributed by atoms with Crippen LogP contribution in [-0.2, 0) is 6.54 Å². The minimum atomic E-state index is -0.0616. The second kappa shape index (κ2) is 7.13. The number of amides is 2. The van der Waals surface area contributed by atoms with Gasteiger partial charge in [-0.1, -0.05) is 0 Å². The summed E-state index contributed by atoms with van der Waals surface area (Å²) in [7, 11) is 0. The van der Waals surface area contributed by atoms with Crippen molar-refractivity contribution < 1.29 is 9.53 Å². The van der Waals surface area contributed by atoms with Crippen molar-refractivity contribution in [1.82, 2.24) is 9.88 Å². The van der Waals surface area contributed by atoms with E-state index in [1.807, 2.05) is 48.2 Å². The Labute approximate surface area is 136 Å². The van der Waals surface area contributed by atoms with E-state index >= 15 is 0 Å². The van der Waals surface area contributed by atoms with Crippen LogP contribution in [0, 0.1) is 0 Å². The number of benzene rings is 1. The number of ether oxygens (including phenoxy) is 1. The third-order valence-corrected chi connectivity index (χ3v) is 3.77. The van der Waals surface area contributed by atoms with Crippen molar-refractivity contribution in [3.8, 4) is 5.75 Å². The molecule has 0 bridgehead atoms. The van der Waals surface area contributed by atoms with Crippen molar-refractivity contribution in [1.29, 1.82) is 0 Å². The Morgan fingerprint density at radius 1 is 1.22 bits per heavy atom. The number of anilines is 1. The zero-order chi connectivity index (χ0) is 16.1. The smallest absolute Gasteiger partial charge is 0.322 e. The summed E-state index contributed by atoms with van der Waals surface area (Å²) in [5.74, 6) is 0.807. The summed E-state index contributed by atoms with van der Waals surface area (Å²) in [5.41, 5.74) is 1.87. The Kier molecular flexibility index (Phi) is 4.76. The number of nitrogens with zero attached hydrogens (tertiary/aromatic N) is 2. The maximum atomic E-state index is 12.6. The van der Waals surface area contributed by atoms with Crippen LogP contribution >= 0.6 is 0 Å². The lowest BCUT2D eigenvalue weighted by molar-refractivity contribution is 0.206. The van der Waals surface area contributed by atoms with Crippen LogP contribution in [-0.4, -0.2) is 28.6 Å². The molecule has 1 saturated carbocycles. The summed E-state index contributed by atoms with van der Waals surface area (Å²) in [5, 5.41) is 2.97. The van der Waals surface area contributed by atoms with Crippen LogP contribution < -0.4 is 10.1 Å². The first-order valence-corrected chi connectivity index (χ1v) is 7.95. The minimum absolute atomic E-state index is 0.0616. The summed E-state index contributed by atoms with van der Waals surface area (Å²) in [6, 6.07) is 11.6. The van der Waals surface area contributed by atoms with Crippen LogP contribution in [0.25, 0.3) is 0 Å². The Morgan fingerprint density at radius 2 is 1.91 bits per heavy atom. The maximum absolute atomic E-state index is 12.6. The lowest BCUT2D eigenvalue weighted by atomic mass is 10.2. The summed E-state index contributed by atoms with van der Waals surface area (Å²) < 4.78 is 5.41. The molecule has 0 atom stereocenters. The molecule has 1 aliphatic rings. The number of hydrogen-bond acceptors (Lipinski definition) is 3. The molecule has 1 heterocycles.